The monoisotopic (exact) mass is 399 g/mol. The van der Waals surface area contributed by atoms with Crippen molar-refractivity contribution >= 4 is 22.8 Å². The fourth-order valence-electron chi connectivity index (χ4n) is 4.55. The Bertz CT molecular complexity index is 1030. The van der Waals surface area contributed by atoms with E-state index in [0.717, 1.165) is 42.4 Å². The summed E-state index contributed by atoms with van der Waals surface area (Å²) < 4.78 is 11.9. The molecule has 2 aliphatic rings. The molecule has 0 atom stereocenters. The molecule has 1 fully saturated rings. The zero-order valence-electron chi connectivity index (χ0n) is 16.5. The smallest absolute Gasteiger partial charge is 0.340 e. The first-order valence-corrected chi connectivity index (χ1v) is 10.1. The van der Waals surface area contributed by atoms with Crippen LogP contribution in [-0.2, 0) is 22.4 Å². The summed E-state index contributed by atoms with van der Waals surface area (Å²) in [5.41, 5.74) is 1.81. The fraction of sp³-hybridized carbons (Fsp3) is 0.500. The third-order valence-electron chi connectivity index (χ3n) is 6.18. The number of ether oxygens (including phenoxy) is 1. The van der Waals surface area contributed by atoms with Gasteiger partial charge in [-0.15, -0.1) is 0 Å². The van der Waals surface area contributed by atoms with Gasteiger partial charge in [0.25, 0.3) is 0 Å². The zero-order valence-corrected chi connectivity index (χ0v) is 16.5. The third-order valence-corrected chi connectivity index (χ3v) is 6.18. The first-order chi connectivity index (χ1) is 13.9. The maximum Gasteiger partial charge on any atom is 0.340 e. The second kappa shape index (κ2) is 7.54. The number of aliphatic carboxylic acids is 1. The number of hydrogen-bond donors (Lipinski definition) is 2. The average molecular weight is 399 g/mol. The van der Waals surface area contributed by atoms with E-state index >= 15 is 0 Å². The molecule has 2 heterocycles. The lowest BCUT2D eigenvalue weighted by Crippen LogP contribution is -2.41. The van der Waals surface area contributed by atoms with Crippen molar-refractivity contribution in [2.45, 2.75) is 63.9 Å². The van der Waals surface area contributed by atoms with Crippen molar-refractivity contribution in [2.75, 3.05) is 6.54 Å². The number of carboxylic acids is 1. The lowest BCUT2D eigenvalue weighted by Gasteiger charge is -2.41. The first kappa shape index (κ1) is 19.5. The minimum atomic E-state index is -1.14. The van der Waals surface area contributed by atoms with E-state index in [2.05, 4.69) is 5.32 Å². The number of carboxylic acid groups (broad SMARTS) is 1. The second-order valence-electron chi connectivity index (χ2n) is 8.14. The van der Waals surface area contributed by atoms with E-state index in [4.69, 9.17) is 14.3 Å². The SMILES string of the molecule is Cc1c(CC(=O)NCC(=O)O)c(=O)oc2cc3c(cc12)CCC1(CCCCC1)O3. The van der Waals surface area contributed by atoms with Crippen molar-refractivity contribution in [3.05, 3.63) is 39.2 Å². The van der Waals surface area contributed by atoms with Crippen LogP contribution in [0.4, 0.5) is 0 Å². The summed E-state index contributed by atoms with van der Waals surface area (Å²) in [6.45, 7) is 1.31. The van der Waals surface area contributed by atoms with E-state index in [1.807, 2.05) is 12.1 Å². The van der Waals surface area contributed by atoms with Gasteiger partial charge in [0.2, 0.25) is 5.91 Å². The highest BCUT2D eigenvalue weighted by atomic mass is 16.5. The van der Waals surface area contributed by atoms with Crippen molar-refractivity contribution in [3.63, 3.8) is 0 Å². The third kappa shape index (κ3) is 3.86. The van der Waals surface area contributed by atoms with E-state index in [-0.39, 0.29) is 17.6 Å². The highest BCUT2D eigenvalue weighted by Gasteiger charge is 2.37. The van der Waals surface area contributed by atoms with Crippen LogP contribution in [0.3, 0.4) is 0 Å². The molecule has 7 nitrogen and oxygen atoms in total. The summed E-state index contributed by atoms with van der Waals surface area (Å²) >= 11 is 0. The summed E-state index contributed by atoms with van der Waals surface area (Å²) in [5, 5.41) is 11.7. The Balaban J connectivity index is 1.65. The van der Waals surface area contributed by atoms with E-state index in [1.54, 1.807) is 6.92 Å². The van der Waals surface area contributed by atoms with Crippen LogP contribution in [0.15, 0.2) is 21.3 Å². The molecule has 0 unspecified atom stereocenters. The molecule has 1 amide bonds. The molecule has 29 heavy (non-hydrogen) atoms. The van der Waals surface area contributed by atoms with Gasteiger partial charge in [0.15, 0.2) is 0 Å². The van der Waals surface area contributed by atoms with Crippen molar-refractivity contribution in [1.29, 1.82) is 0 Å². The molecule has 0 saturated heterocycles. The predicted octanol–water partition coefficient (Wildman–Crippen LogP) is 2.87. The van der Waals surface area contributed by atoms with E-state index in [0.29, 0.717) is 11.1 Å². The molecule has 1 spiro atoms. The van der Waals surface area contributed by atoms with Gasteiger partial charge in [-0.05, 0) is 62.6 Å². The summed E-state index contributed by atoms with van der Waals surface area (Å²) in [4.78, 5) is 35.1. The Kier molecular flexibility index (Phi) is 5.06. The molecule has 154 valence electrons. The van der Waals surface area contributed by atoms with Crippen LogP contribution in [0.2, 0.25) is 0 Å². The maximum absolute atomic E-state index is 12.5. The standard InChI is InChI=1S/C22H25NO6/c1-13-15-9-14-5-8-22(6-3-2-4-7-22)29-17(14)11-18(15)28-21(27)16(13)10-19(24)23-12-20(25)26/h9,11H,2-8,10,12H2,1H3,(H,23,24)(H,25,26). The maximum atomic E-state index is 12.5. The minimum absolute atomic E-state index is 0.0869. The Labute approximate surface area is 168 Å². The van der Waals surface area contributed by atoms with Gasteiger partial charge < -0.3 is 19.6 Å². The second-order valence-corrected chi connectivity index (χ2v) is 8.14. The molecule has 2 N–H and O–H groups in total. The molecule has 1 aliphatic heterocycles. The number of rotatable bonds is 4. The van der Waals surface area contributed by atoms with E-state index in [9.17, 15) is 14.4 Å². The molecule has 0 bridgehead atoms. The molecule has 1 aliphatic carbocycles. The Hall–Kier alpha value is -2.83. The minimum Gasteiger partial charge on any atom is -0.487 e. The van der Waals surface area contributed by atoms with Crippen LogP contribution in [0.25, 0.3) is 11.0 Å². The number of carbonyl (C=O) groups excluding carboxylic acids is 1. The normalized spacial score (nSPS) is 17.6. The number of amides is 1. The largest absolute Gasteiger partial charge is 0.487 e. The Morgan fingerprint density at radius 3 is 2.66 bits per heavy atom. The summed E-state index contributed by atoms with van der Waals surface area (Å²) in [6.07, 6.45) is 7.45. The average Bonchev–Trinajstić information content (AvgIpc) is 2.69. The van der Waals surface area contributed by atoms with Crippen LogP contribution in [0.5, 0.6) is 5.75 Å². The van der Waals surface area contributed by atoms with Gasteiger partial charge in [0.05, 0.1) is 12.0 Å². The highest BCUT2D eigenvalue weighted by Crippen LogP contribution is 2.43. The molecule has 1 aromatic heterocycles. The molecule has 1 aromatic carbocycles. The quantitative estimate of drug-likeness (QED) is 0.766. The van der Waals surface area contributed by atoms with Gasteiger partial charge in [-0.1, -0.05) is 6.42 Å². The predicted molar refractivity (Wildman–Crippen MR) is 106 cm³/mol. The van der Waals surface area contributed by atoms with Crippen LogP contribution < -0.4 is 15.7 Å². The van der Waals surface area contributed by atoms with Crippen molar-refractivity contribution in [2.24, 2.45) is 0 Å². The molecule has 1 saturated carbocycles. The molecular weight excluding hydrogens is 374 g/mol. The van der Waals surface area contributed by atoms with Crippen LogP contribution in [0.1, 0.15) is 55.2 Å². The lowest BCUT2D eigenvalue weighted by atomic mass is 9.79. The zero-order chi connectivity index (χ0) is 20.6. The van der Waals surface area contributed by atoms with Gasteiger partial charge in [-0.3, -0.25) is 9.59 Å². The van der Waals surface area contributed by atoms with Gasteiger partial charge in [-0.25, -0.2) is 4.79 Å². The molecule has 4 rings (SSSR count). The topological polar surface area (TPSA) is 106 Å². The van der Waals surface area contributed by atoms with Gasteiger partial charge in [0, 0.05) is 11.5 Å². The summed E-state index contributed by atoms with van der Waals surface area (Å²) in [6, 6.07) is 3.81. The van der Waals surface area contributed by atoms with Crippen molar-refractivity contribution < 1.29 is 23.8 Å². The molecular formula is C22H25NO6. The number of benzene rings is 1. The number of carbonyl (C=O) groups is 2. The van der Waals surface area contributed by atoms with Crippen molar-refractivity contribution in [1.82, 2.24) is 5.32 Å². The molecule has 0 radical (unpaired) electrons. The van der Waals surface area contributed by atoms with Crippen molar-refractivity contribution in [3.8, 4) is 5.75 Å². The van der Waals surface area contributed by atoms with E-state index in [1.165, 1.54) is 19.3 Å². The van der Waals surface area contributed by atoms with Crippen LogP contribution in [0, 0.1) is 6.92 Å². The number of fused-ring (bicyclic) bond motifs is 2. The van der Waals surface area contributed by atoms with E-state index < -0.39 is 24.0 Å². The Morgan fingerprint density at radius 2 is 1.93 bits per heavy atom. The summed E-state index contributed by atoms with van der Waals surface area (Å²) in [7, 11) is 0. The fourth-order valence-corrected chi connectivity index (χ4v) is 4.55. The van der Waals surface area contributed by atoms with Crippen LogP contribution >= 0.6 is 0 Å². The van der Waals surface area contributed by atoms with Gasteiger partial charge >= 0.3 is 11.6 Å². The van der Waals surface area contributed by atoms with Gasteiger partial charge in [0.1, 0.15) is 23.5 Å². The number of aryl methyl sites for hydroxylation is 2. The number of nitrogens with one attached hydrogen (secondary N) is 1. The summed E-state index contributed by atoms with van der Waals surface area (Å²) in [5.74, 6) is -0.870. The lowest BCUT2D eigenvalue weighted by molar-refractivity contribution is -0.137. The molecule has 2 aromatic rings. The number of hydrogen-bond acceptors (Lipinski definition) is 5. The molecule has 7 heteroatoms. The van der Waals surface area contributed by atoms with Crippen LogP contribution in [-0.4, -0.2) is 29.1 Å². The van der Waals surface area contributed by atoms with Gasteiger partial charge in [-0.2, -0.15) is 0 Å². The Morgan fingerprint density at radius 1 is 1.17 bits per heavy atom. The highest BCUT2D eigenvalue weighted by molar-refractivity contribution is 5.87. The first-order valence-electron chi connectivity index (χ1n) is 10.1.